The van der Waals surface area contributed by atoms with Crippen molar-refractivity contribution >= 4 is 27.7 Å². The largest absolute Gasteiger partial charge is 0.411 e. The Morgan fingerprint density at radius 1 is 1.33 bits per heavy atom. The van der Waals surface area contributed by atoms with Crippen molar-refractivity contribution in [3.63, 3.8) is 0 Å². The second-order valence-corrected chi connectivity index (χ2v) is 5.30. The Morgan fingerprint density at radius 3 is 2.94 bits per heavy atom. The molecule has 18 heavy (non-hydrogen) atoms. The summed E-state index contributed by atoms with van der Waals surface area (Å²) in [5, 5.41) is 8.61. The summed E-state index contributed by atoms with van der Waals surface area (Å²) in [5.74, 6) is 1.34. The van der Waals surface area contributed by atoms with E-state index in [2.05, 4.69) is 26.1 Å². The van der Waals surface area contributed by atoms with Gasteiger partial charge in [-0.2, -0.15) is 0 Å². The lowest BCUT2D eigenvalue weighted by Crippen LogP contribution is -1.95. The van der Waals surface area contributed by atoms with Crippen LogP contribution in [0.4, 0.5) is 0 Å². The van der Waals surface area contributed by atoms with Crippen LogP contribution in [0.3, 0.4) is 0 Å². The molecule has 0 aliphatic rings. The molecule has 0 saturated carbocycles. The average molecular weight is 329 g/mol. The Morgan fingerprint density at radius 2 is 2.17 bits per heavy atom. The molecule has 1 aromatic carbocycles. The van der Waals surface area contributed by atoms with Crippen molar-refractivity contribution in [1.82, 2.24) is 10.2 Å². The van der Waals surface area contributed by atoms with E-state index in [1.54, 1.807) is 0 Å². The molecule has 0 fully saturated rings. The van der Waals surface area contributed by atoms with E-state index in [9.17, 15) is 0 Å². The predicted octanol–water partition coefficient (Wildman–Crippen LogP) is 3.63. The maximum absolute atomic E-state index is 5.59. The molecule has 0 spiro atoms. The molecule has 0 amide bonds. The molecule has 2 aromatic rings. The predicted molar refractivity (Wildman–Crippen MR) is 74.7 cm³/mol. The molecule has 1 aromatic heterocycles. The van der Waals surface area contributed by atoms with Gasteiger partial charge in [-0.25, -0.2) is 0 Å². The first kappa shape index (κ1) is 13.6. The summed E-state index contributed by atoms with van der Waals surface area (Å²) in [6.45, 7) is 3.39. The lowest BCUT2D eigenvalue weighted by Gasteiger charge is -1.98. The van der Waals surface area contributed by atoms with Crippen molar-refractivity contribution in [1.29, 1.82) is 0 Å². The first-order chi connectivity index (χ1) is 8.81. The highest BCUT2D eigenvalue weighted by Gasteiger charge is 2.11. The van der Waals surface area contributed by atoms with Crippen molar-refractivity contribution in [2.45, 2.75) is 12.1 Å². The number of hydrogen-bond donors (Lipinski definition) is 0. The van der Waals surface area contributed by atoms with Crippen LogP contribution in [0.15, 0.2) is 38.4 Å². The SMILES string of the molecule is CCOCCSc1nnc(-c2ccccc2Br)o1. The van der Waals surface area contributed by atoms with Crippen LogP contribution < -0.4 is 0 Å². The number of thioether (sulfide) groups is 1. The first-order valence-corrected chi connectivity index (χ1v) is 7.38. The van der Waals surface area contributed by atoms with Gasteiger partial charge in [0.05, 0.1) is 12.2 Å². The summed E-state index contributed by atoms with van der Waals surface area (Å²) in [5.41, 5.74) is 0.904. The molecule has 1 heterocycles. The minimum atomic E-state index is 0.529. The van der Waals surface area contributed by atoms with Crippen molar-refractivity contribution in [3.05, 3.63) is 28.7 Å². The molecule has 6 heteroatoms. The average Bonchev–Trinajstić information content (AvgIpc) is 2.84. The van der Waals surface area contributed by atoms with Crippen molar-refractivity contribution in [3.8, 4) is 11.5 Å². The molecule has 4 nitrogen and oxygen atoms in total. The number of rotatable bonds is 6. The molecule has 0 aliphatic carbocycles. The maximum Gasteiger partial charge on any atom is 0.276 e. The quantitative estimate of drug-likeness (QED) is 0.598. The molecular weight excluding hydrogens is 316 g/mol. The van der Waals surface area contributed by atoms with Gasteiger partial charge >= 0.3 is 0 Å². The third-order valence-corrected chi connectivity index (χ3v) is 3.64. The molecule has 0 aliphatic heterocycles. The third kappa shape index (κ3) is 3.57. The van der Waals surface area contributed by atoms with Gasteiger partial charge in [-0.15, -0.1) is 10.2 Å². The zero-order chi connectivity index (χ0) is 12.8. The highest BCUT2D eigenvalue weighted by molar-refractivity contribution is 9.10. The number of halogens is 1. The first-order valence-electron chi connectivity index (χ1n) is 5.60. The molecule has 0 radical (unpaired) electrons. The summed E-state index contributed by atoms with van der Waals surface area (Å²) in [7, 11) is 0. The Balaban J connectivity index is 2.00. The number of hydrogen-bond acceptors (Lipinski definition) is 5. The van der Waals surface area contributed by atoms with Crippen LogP contribution in [0.2, 0.25) is 0 Å². The number of nitrogens with zero attached hydrogens (tertiary/aromatic N) is 2. The summed E-state index contributed by atoms with van der Waals surface area (Å²) >= 11 is 4.96. The minimum absolute atomic E-state index is 0.529. The number of ether oxygens (including phenoxy) is 1. The van der Waals surface area contributed by atoms with Crippen molar-refractivity contribution in [2.75, 3.05) is 19.0 Å². The molecular formula is C12H13BrN2O2S. The molecule has 0 bridgehead atoms. The molecule has 0 saturated heterocycles. The summed E-state index contributed by atoms with van der Waals surface area (Å²) in [6, 6.07) is 7.77. The maximum atomic E-state index is 5.59. The molecule has 96 valence electrons. The monoisotopic (exact) mass is 328 g/mol. The van der Waals surface area contributed by atoms with Gasteiger partial charge in [-0.3, -0.25) is 0 Å². The van der Waals surface area contributed by atoms with Crippen LogP contribution in [0.25, 0.3) is 11.5 Å². The number of benzene rings is 1. The Kier molecular flexibility index (Phi) is 5.22. The zero-order valence-corrected chi connectivity index (χ0v) is 12.3. The van der Waals surface area contributed by atoms with E-state index in [1.165, 1.54) is 11.8 Å². The van der Waals surface area contributed by atoms with Gasteiger partial charge in [0.15, 0.2) is 0 Å². The van der Waals surface area contributed by atoms with Gasteiger partial charge < -0.3 is 9.15 Å². The highest BCUT2D eigenvalue weighted by atomic mass is 79.9. The zero-order valence-electron chi connectivity index (χ0n) is 9.93. The minimum Gasteiger partial charge on any atom is -0.411 e. The van der Waals surface area contributed by atoms with E-state index in [4.69, 9.17) is 9.15 Å². The van der Waals surface area contributed by atoms with Gasteiger partial charge in [-0.1, -0.05) is 23.9 Å². The van der Waals surface area contributed by atoms with Crippen molar-refractivity contribution < 1.29 is 9.15 Å². The van der Waals surface area contributed by atoms with Gasteiger partial charge in [0.1, 0.15) is 0 Å². The van der Waals surface area contributed by atoms with E-state index in [-0.39, 0.29) is 0 Å². The lowest BCUT2D eigenvalue weighted by atomic mass is 10.2. The Bertz CT molecular complexity index is 504. The van der Waals surface area contributed by atoms with Gasteiger partial charge in [-0.05, 0) is 35.0 Å². The van der Waals surface area contributed by atoms with Gasteiger partial charge in [0, 0.05) is 16.8 Å². The topological polar surface area (TPSA) is 48.2 Å². The van der Waals surface area contributed by atoms with E-state index < -0.39 is 0 Å². The third-order valence-electron chi connectivity index (χ3n) is 2.17. The Hall–Kier alpha value is -0.850. The molecule has 2 rings (SSSR count). The summed E-state index contributed by atoms with van der Waals surface area (Å²) in [4.78, 5) is 0. The van der Waals surface area contributed by atoms with Gasteiger partial charge in [0.25, 0.3) is 5.22 Å². The van der Waals surface area contributed by atoms with E-state index in [0.717, 1.165) is 22.4 Å². The van der Waals surface area contributed by atoms with Gasteiger partial charge in [0.2, 0.25) is 5.89 Å². The standard InChI is InChI=1S/C12H13BrN2O2S/c1-2-16-7-8-18-12-15-14-11(17-12)9-5-3-4-6-10(9)13/h3-6H,2,7-8H2,1H3. The lowest BCUT2D eigenvalue weighted by molar-refractivity contribution is 0.164. The smallest absolute Gasteiger partial charge is 0.276 e. The van der Waals surface area contributed by atoms with Crippen LogP contribution in [-0.2, 0) is 4.74 Å². The Labute approximate surface area is 118 Å². The van der Waals surface area contributed by atoms with Crippen LogP contribution >= 0.6 is 27.7 Å². The van der Waals surface area contributed by atoms with Crippen LogP contribution in [0.1, 0.15) is 6.92 Å². The van der Waals surface area contributed by atoms with E-state index >= 15 is 0 Å². The molecule has 0 N–H and O–H groups in total. The fourth-order valence-corrected chi connectivity index (χ4v) is 2.41. The van der Waals surface area contributed by atoms with Crippen molar-refractivity contribution in [2.24, 2.45) is 0 Å². The molecule has 0 unspecified atom stereocenters. The van der Waals surface area contributed by atoms with Crippen LogP contribution in [0, 0.1) is 0 Å². The molecule has 0 atom stereocenters. The van der Waals surface area contributed by atoms with Crippen LogP contribution in [0.5, 0.6) is 0 Å². The summed E-state index contributed by atoms with van der Waals surface area (Å²) in [6.07, 6.45) is 0. The summed E-state index contributed by atoms with van der Waals surface area (Å²) < 4.78 is 11.8. The van der Waals surface area contributed by atoms with E-state index in [0.29, 0.717) is 17.7 Å². The highest BCUT2D eigenvalue weighted by Crippen LogP contribution is 2.28. The normalized spacial score (nSPS) is 10.8. The fraction of sp³-hybridized carbons (Fsp3) is 0.333. The fourth-order valence-electron chi connectivity index (χ4n) is 1.34. The number of aromatic nitrogens is 2. The second kappa shape index (κ2) is 6.92. The van der Waals surface area contributed by atoms with Crippen LogP contribution in [-0.4, -0.2) is 29.2 Å². The second-order valence-electron chi connectivity index (χ2n) is 3.40. The van der Waals surface area contributed by atoms with E-state index in [1.807, 2.05) is 31.2 Å².